The van der Waals surface area contributed by atoms with E-state index in [1.165, 1.54) is 26.4 Å². The molecule has 0 unspecified atom stereocenters. The summed E-state index contributed by atoms with van der Waals surface area (Å²) in [5.41, 5.74) is 2.24. The van der Waals surface area contributed by atoms with E-state index in [4.69, 9.17) is 9.47 Å². The molecule has 0 atom stereocenters. The second kappa shape index (κ2) is 7.40. The molecule has 1 N–H and O–H groups in total. The molecule has 4 aliphatic carbocycles. The third-order valence-electron chi connectivity index (χ3n) is 7.76. The lowest BCUT2D eigenvalue weighted by atomic mass is 9.47. The van der Waals surface area contributed by atoms with Crippen molar-refractivity contribution >= 4 is 11.9 Å². The number of hydrogen-bond acceptors (Lipinski definition) is 4. The summed E-state index contributed by atoms with van der Waals surface area (Å²) >= 11 is 0. The second-order valence-electron chi connectivity index (χ2n) is 9.70. The summed E-state index contributed by atoms with van der Waals surface area (Å²) in [4.78, 5) is 25.0. The third-order valence-corrected chi connectivity index (χ3v) is 7.76. The van der Waals surface area contributed by atoms with Gasteiger partial charge in [-0.2, -0.15) is 0 Å². The van der Waals surface area contributed by atoms with Crippen molar-refractivity contribution in [2.75, 3.05) is 7.11 Å². The van der Waals surface area contributed by atoms with Crippen molar-refractivity contribution < 1.29 is 24.2 Å². The summed E-state index contributed by atoms with van der Waals surface area (Å²) in [5, 5.41) is 9.77. The van der Waals surface area contributed by atoms with Crippen LogP contribution in [0.15, 0.2) is 36.4 Å². The van der Waals surface area contributed by atoms with Crippen LogP contribution in [0.3, 0.4) is 0 Å². The molecule has 0 amide bonds. The zero-order valence-electron chi connectivity index (χ0n) is 18.0. The fourth-order valence-corrected chi connectivity index (χ4v) is 7.05. The molecule has 2 aromatic carbocycles. The van der Waals surface area contributed by atoms with E-state index >= 15 is 0 Å². The Labute approximate surface area is 182 Å². The first-order valence-electron chi connectivity index (χ1n) is 11.1. The van der Waals surface area contributed by atoms with Gasteiger partial charge in [-0.3, -0.25) is 0 Å². The quantitative estimate of drug-likeness (QED) is 0.519. The highest BCUT2D eigenvalue weighted by Gasteiger charge is 2.53. The van der Waals surface area contributed by atoms with E-state index in [-0.39, 0.29) is 5.41 Å². The molecular formula is C26H28O5. The molecule has 0 radical (unpaired) electrons. The summed E-state index contributed by atoms with van der Waals surface area (Å²) in [6.45, 7) is 1.87. The fraction of sp³-hybridized carbons (Fsp3) is 0.462. The topological polar surface area (TPSA) is 72.8 Å². The van der Waals surface area contributed by atoms with E-state index in [1.807, 2.05) is 13.0 Å². The highest BCUT2D eigenvalue weighted by molar-refractivity contribution is 5.95. The van der Waals surface area contributed by atoms with Gasteiger partial charge in [-0.25, -0.2) is 9.59 Å². The van der Waals surface area contributed by atoms with Gasteiger partial charge in [0.2, 0.25) is 0 Å². The molecule has 0 spiro atoms. The summed E-state index contributed by atoms with van der Waals surface area (Å²) in [7, 11) is 1.53. The average molecular weight is 421 g/mol. The van der Waals surface area contributed by atoms with Gasteiger partial charge in [0, 0.05) is 11.0 Å². The van der Waals surface area contributed by atoms with Crippen LogP contribution in [0.4, 0.5) is 0 Å². The zero-order valence-corrected chi connectivity index (χ0v) is 18.0. The Morgan fingerprint density at radius 1 is 0.903 bits per heavy atom. The van der Waals surface area contributed by atoms with E-state index < -0.39 is 11.9 Å². The van der Waals surface area contributed by atoms with Crippen LogP contribution in [0.1, 0.15) is 70.4 Å². The van der Waals surface area contributed by atoms with Gasteiger partial charge in [-0.15, -0.1) is 0 Å². The van der Waals surface area contributed by atoms with E-state index in [2.05, 4.69) is 0 Å². The highest BCUT2D eigenvalue weighted by atomic mass is 16.5. The fourth-order valence-electron chi connectivity index (χ4n) is 7.05. The molecule has 0 aromatic heterocycles. The molecule has 2 aromatic rings. The van der Waals surface area contributed by atoms with Crippen molar-refractivity contribution in [3.05, 3.63) is 58.7 Å². The van der Waals surface area contributed by atoms with Crippen LogP contribution in [-0.2, 0) is 5.41 Å². The van der Waals surface area contributed by atoms with Crippen molar-refractivity contribution in [3.63, 3.8) is 0 Å². The van der Waals surface area contributed by atoms with Crippen molar-refractivity contribution in [3.8, 4) is 11.5 Å². The lowest BCUT2D eigenvalue weighted by Crippen LogP contribution is -2.49. The first-order valence-corrected chi connectivity index (χ1v) is 11.1. The number of carbonyl (C=O) groups excluding carboxylic acids is 1. The third kappa shape index (κ3) is 3.31. The number of hydrogen-bond donors (Lipinski definition) is 1. The number of esters is 1. The number of ether oxygens (including phenoxy) is 2. The molecule has 0 saturated heterocycles. The number of benzene rings is 2. The molecule has 162 valence electrons. The Bertz CT molecular complexity index is 1020. The van der Waals surface area contributed by atoms with Crippen LogP contribution in [0.2, 0.25) is 0 Å². The van der Waals surface area contributed by atoms with Crippen LogP contribution in [0.5, 0.6) is 11.5 Å². The van der Waals surface area contributed by atoms with Crippen molar-refractivity contribution in [2.45, 2.75) is 50.9 Å². The maximum atomic E-state index is 13.1. The van der Waals surface area contributed by atoms with Gasteiger partial charge in [-0.1, -0.05) is 12.1 Å². The maximum Gasteiger partial charge on any atom is 0.347 e. The van der Waals surface area contributed by atoms with Crippen molar-refractivity contribution in [1.82, 2.24) is 0 Å². The van der Waals surface area contributed by atoms with Gasteiger partial charge in [0.05, 0.1) is 12.7 Å². The molecule has 5 heteroatoms. The summed E-state index contributed by atoms with van der Waals surface area (Å²) < 4.78 is 11.3. The van der Waals surface area contributed by atoms with Crippen LogP contribution >= 0.6 is 0 Å². The van der Waals surface area contributed by atoms with Crippen molar-refractivity contribution in [2.24, 2.45) is 17.8 Å². The molecule has 4 saturated carbocycles. The van der Waals surface area contributed by atoms with Gasteiger partial charge in [0.1, 0.15) is 17.1 Å². The van der Waals surface area contributed by atoms with E-state index in [1.54, 1.807) is 30.3 Å². The van der Waals surface area contributed by atoms with Crippen LogP contribution in [0.25, 0.3) is 0 Å². The first kappa shape index (κ1) is 20.1. The van der Waals surface area contributed by atoms with E-state index in [0.29, 0.717) is 40.4 Å². The minimum Gasteiger partial charge on any atom is -0.496 e. The van der Waals surface area contributed by atoms with Crippen LogP contribution < -0.4 is 9.47 Å². The van der Waals surface area contributed by atoms with Gasteiger partial charge in [0.25, 0.3) is 0 Å². The average Bonchev–Trinajstić information content (AvgIpc) is 2.72. The Balaban J connectivity index is 1.59. The molecule has 4 bridgehead atoms. The second-order valence-corrected chi connectivity index (χ2v) is 9.70. The molecule has 0 aliphatic heterocycles. The number of aromatic carboxylic acids is 1. The lowest BCUT2D eigenvalue weighted by molar-refractivity contribution is -0.00653. The normalized spacial score (nSPS) is 28.4. The molecule has 4 aliphatic rings. The maximum absolute atomic E-state index is 13.1. The monoisotopic (exact) mass is 420 g/mol. The van der Waals surface area contributed by atoms with Gasteiger partial charge < -0.3 is 14.6 Å². The smallest absolute Gasteiger partial charge is 0.347 e. The van der Waals surface area contributed by atoms with E-state index in [9.17, 15) is 14.7 Å². The van der Waals surface area contributed by atoms with Crippen LogP contribution in [0, 0.1) is 24.7 Å². The Morgan fingerprint density at radius 3 is 2.10 bits per heavy atom. The highest BCUT2D eigenvalue weighted by Crippen LogP contribution is 2.62. The standard InChI is InChI=1S/C26H28O5/c1-15-19(24(27)28)7-8-22(31-25(29)20-5-3-4-6-21(20)30-2)23(15)26-12-16-9-17(13-26)11-18(10-16)14-26/h3-8,16-18H,9-14H2,1-2H3,(H,27,28). The number of methoxy groups -OCH3 is 1. The minimum atomic E-state index is -0.939. The van der Waals surface area contributed by atoms with Gasteiger partial charge >= 0.3 is 11.9 Å². The van der Waals surface area contributed by atoms with Gasteiger partial charge in [-0.05, 0) is 93.0 Å². The number of para-hydroxylation sites is 1. The number of carbonyl (C=O) groups is 2. The molecule has 31 heavy (non-hydrogen) atoms. The SMILES string of the molecule is COc1ccccc1C(=O)Oc1ccc(C(=O)O)c(C)c1C12CC3CC(CC(C3)C1)C2. The van der Waals surface area contributed by atoms with Gasteiger partial charge in [0.15, 0.2) is 0 Å². The number of carboxylic acids is 1. The molecule has 4 fully saturated rings. The summed E-state index contributed by atoms with van der Waals surface area (Å²) in [6.07, 6.45) is 7.03. The van der Waals surface area contributed by atoms with E-state index in [0.717, 1.165) is 30.4 Å². The largest absolute Gasteiger partial charge is 0.496 e. The Hall–Kier alpha value is -2.82. The Kier molecular flexibility index (Phi) is 4.80. The minimum absolute atomic E-state index is 0.0965. The zero-order chi connectivity index (χ0) is 21.8. The van der Waals surface area contributed by atoms with Crippen molar-refractivity contribution in [1.29, 1.82) is 0 Å². The molecule has 5 nitrogen and oxygen atoms in total. The summed E-state index contributed by atoms with van der Waals surface area (Å²) in [5.74, 6) is 1.62. The first-order chi connectivity index (χ1) is 14.9. The molecule has 6 rings (SSSR count). The Morgan fingerprint density at radius 2 is 1.52 bits per heavy atom. The number of rotatable bonds is 5. The predicted molar refractivity (Wildman–Crippen MR) is 116 cm³/mol. The lowest BCUT2D eigenvalue weighted by Gasteiger charge is -2.57. The van der Waals surface area contributed by atoms with Crippen LogP contribution in [-0.4, -0.2) is 24.2 Å². The predicted octanol–water partition coefficient (Wildman–Crippen LogP) is 5.39. The summed E-state index contributed by atoms with van der Waals surface area (Å²) in [6, 6.07) is 10.2. The molecular weight excluding hydrogens is 392 g/mol. The molecule has 0 heterocycles. The number of carboxylic acid groups (broad SMARTS) is 1.